The fraction of sp³-hybridized carbons (Fsp3) is 0.455. The number of tetrazole rings is 2. The Morgan fingerprint density at radius 1 is 0.667 bits per heavy atom. The number of aromatic nitrogens is 10. The Hall–Kier alpha value is -8.26. The summed E-state index contributed by atoms with van der Waals surface area (Å²) in [4.78, 5) is 36.7. The van der Waals surface area contributed by atoms with Gasteiger partial charge in [-0.25, -0.2) is 37.1 Å². The van der Waals surface area contributed by atoms with Crippen molar-refractivity contribution in [2.45, 2.75) is 160 Å². The number of hydrogen-bond acceptors (Lipinski definition) is 19. The van der Waals surface area contributed by atoms with Gasteiger partial charge in [0.2, 0.25) is 0 Å². The third-order valence-corrected chi connectivity index (χ3v) is 16.0. The number of pyridine rings is 2. The van der Waals surface area contributed by atoms with E-state index in [0.29, 0.717) is 35.9 Å². The molecule has 32 heteroatoms. The monoisotopic (exact) mass is 1240 g/mol. The average Bonchev–Trinajstić information content (AvgIpc) is 1.78. The fourth-order valence-corrected chi connectivity index (χ4v) is 10.7. The number of alkyl halides is 3. The molecule has 6 aromatic rings. The number of carbonyl (C=O) groups excluding carboxylic acids is 2. The standard InChI is InChI=1S/C24H25F2N7O2.C18H19BF2N6O2.C13H18F3NO5S/c1-24(2,3)35-23(34)32-15-7-8-16(32)10-13(9-15)14-11-17(21(27)28-12-14)22-29-30-31-33(22)19-6-4-5-18(25)20(19)26;1-17(2)18(3,4)29-19(28-17)10-8-11(15(22)23-9-10)16-24-25-26-27(16)13-7-5-6-12(20)14(13)21;1-12(2,3)21-11(18)17-8-4-5-9(17)7-10(6-8)22-23(19,20)13(14,15)16/h4-6,9,11-12,15-16H,7-8,10H2,1-3H3,(H2,27,28);5-9H,1-4H3,(H2,22,23);6,8-9H,4-5,7H2,1-3H3. The molecule has 5 aliphatic heterocycles. The number of anilines is 2. The first-order chi connectivity index (χ1) is 40.5. The summed E-state index contributed by atoms with van der Waals surface area (Å²) in [6.07, 6.45) is 8.93. The van der Waals surface area contributed by atoms with Crippen LogP contribution in [0.5, 0.6) is 0 Å². The number of halogens is 7. The number of ether oxygens (including phenoxy) is 2. The smallest absolute Gasteiger partial charge is 0.444 e. The highest BCUT2D eigenvalue weighted by Gasteiger charge is 2.53. The van der Waals surface area contributed by atoms with Crippen LogP contribution in [0.4, 0.5) is 52.0 Å². The Morgan fingerprint density at radius 2 is 1.13 bits per heavy atom. The highest BCUT2D eigenvalue weighted by molar-refractivity contribution is 7.87. The molecule has 4 aromatic heterocycles. The van der Waals surface area contributed by atoms with Crippen molar-refractivity contribution in [3.05, 3.63) is 108 Å². The van der Waals surface area contributed by atoms with Gasteiger partial charge in [0.15, 0.2) is 34.9 Å². The number of hydrogen-bond donors (Lipinski definition) is 2. The Labute approximate surface area is 495 Å². The van der Waals surface area contributed by atoms with Crippen LogP contribution in [0.2, 0.25) is 0 Å². The minimum atomic E-state index is -5.69. The predicted octanol–water partition coefficient (Wildman–Crippen LogP) is 8.93. The molecule has 0 spiro atoms. The third kappa shape index (κ3) is 13.4. The van der Waals surface area contributed by atoms with E-state index in [1.807, 2.05) is 53.4 Å². The van der Waals surface area contributed by atoms with Crippen LogP contribution in [-0.2, 0) is 33.1 Å². The van der Waals surface area contributed by atoms with Crippen LogP contribution in [0, 0.1) is 23.3 Å². The van der Waals surface area contributed by atoms with Gasteiger partial charge in [0.25, 0.3) is 0 Å². The lowest BCUT2D eigenvalue weighted by atomic mass is 9.79. The van der Waals surface area contributed by atoms with Crippen LogP contribution < -0.4 is 16.9 Å². The van der Waals surface area contributed by atoms with E-state index in [1.54, 1.807) is 39.1 Å². The van der Waals surface area contributed by atoms with Gasteiger partial charge in [0, 0.05) is 36.4 Å². The second kappa shape index (κ2) is 23.4. The Bertz CT molecular complexity index is 3780. The van der Waals surface area contributed by atoms with E-state index in [2.05, 4.69) is 51.3 Å². The zero-order valence-corrected chi connectivity index (χ0v) is 49.6. The molecule has 4 bridgehead atoms. The second-order valence-electron chi connectivity index (χ2n) is 24.0. The number of rotatable bonds is 8. The fourth-order valence-electron chi connectivity index (χ4n) is 10.2. The maximum Gasteiger partial charge on any atom is 0.534 e. The molecule has 0 aliphatic carbocycles. The summed E-state index contributed by atoms with van der Waals surface area (Å²) in [6.45, 7) is 18.4. The molecular weight excluding hydrogens is 1180 g/mol. The molecule has 4 atom stereocenters. The second-order valence-corrected chi connectivity index (χ2v) is 25.5. The van der Waals surface area contributed by atoms with Crippen LogP contribution in [-0.4, -0.2) is 140 Å². The van der Waals surface area contributed by atoms with Crippen molar-refractivity contribution in [2.24, 2.45) is 0 Å². The molecular formula is C55H62BF7N14O9S. The van der Waals surface area contributed by atoms with Gasteiger partial charge in [0.05, 0.1) is 34.4 Å². The first-order valence-corrected chi connectivity index (χ1v) is 28.7. The number of nitrogens with two attached hydrogens (primary N) is 2. The summed E-state index contributed by atoms with van der Waals surface area (Å²) in [5.74, 6) is -3.94. The van der Waals surface area contributed by atoms with Gasteiger partial charge in [-0.1, -0.05) is 18.2 Å². The van der Waals surface area contributed by atoms with Crippen LogP contribution in [0.3, 0.4) is 0 Å². The van der Waals surface area contributed by atoms with Crippen molar-refractivity contribution in [1.82, 2.24) is 60.2 Å². The molecule has 9 heterocycles. The van der Waals surface area contributed by atoms with E-state index in [-0.39, 0.29) is 65.0 Å². The van der Waals surface area contributed by atoms with E-state index in [0.717, 1.165) is 45.5 Å². The maximum atomic E-state index is 14.4. The number of amides is 2. The summed E-state index contributed by atoms with van der Waals surface area (Å²) in [6, 6.07) is 9.94. The largest absolute Gasteiger partial charge is 0.534 e. The summed E-state index contributed by atoms with van der Waals surface area (Å²) in [7, 11) is -6.36. The molecule has 5 aliphatic rings. The molecule has 4 unspecified atom stereocenters. The molecule has 23 nitrogen and oxygen atoms in total. The van der Waals surface area contributed by atoms with Gasteiger partial charge in [-0.2, -0.15) is 31.0 Å². The average molecular weight is 1240 g/mol. The summed E-state index contributed by atoms with van der Waals surface area (Å²) < 4.78 is 145. The molecule has 11 rings (SSSR count). The number of benzene rings is 2. The zero-order chi connectivity index (χ0) is 63.5. The van der Waals surface area contributed by atoms with Gasteiger partial charge < -0.3 is 34.4 Å². The Kier molecular flexibility index (Phi) is 17.0. The van der Waals surface area contributed by atoms with Crippen LogP contribution >= 0.6 is 0 Å². The topological polar surface area (TPSA) is 286 Å². The molecule has 3 saturated heterocycles. The van der Waals surface area contributed by atoms with Gasteiger partial charge in [-0.3, -0.25) is 9.80 Å². The molecule has 3 fully saturated rings. The lowest BCUT2D eigenvalue weighted by molar-refractivity contribution is -0.0528. The van der Waals surface area contributed by atoms with Gasteiger partial charge in [-0.15, -0.1) is 10.2 Å². The van der Waals surface area contributed by atoms with Gasteiger partial charge in [-0.05, 0) is 176 Å². The van der Waals surface area contributed by atoms with Crippen molar-refractivity contribution in [3.8, 4) is 34.2 Å². The highest BCUT2D eigenvalue weighted by atomic mass is 32.2. The maximum absolute atomic E-state index is 14.4. The summed E-state index contributed by atoms with van der Waals surface area (Å²) in [5.41, 5.74) is 7.20. The lowest BCUT2D eigenvalue weighted by Crippen LogP contribution is -2.46. The van der Waals surface area contributed by atoms with E-state index < -0.39 is 86.6 Å². The van der Waals surface area contributed by atoms with Gasteiger partial charge in [0.1, 0.15) is 40.0 Å². The van der Waals surface area contributed by atoms with Crippen molar-refractivity contribution < 1.29 is 71.7 Å². The number of carbonyl (C=O) groups is 2. The third-order valence-electron chi connectivity index (χ3n) is 15.0. The van der Waals surface area contributed by atoms with Crippen molar-refractivity contribution in [3.63, 3.8) is 0 Å². The quantitative estimate of drug-likeness (QED) is 0.0622. The van der Waals surface area contributed by atoms with Crippen LogP contribution in [0.15, 0.2) is 78.8 Å². The first-order valence-electron chi connectivity index (χ1n) is 27.3. The number of nitrogens with zero attached hydrogens (tertiary/aromatic N) is 12. The number of fused-ring (bicyclic) bond motifs is 4. The van der Waals surface area contributed by atoms with Crippen molar-refractivity contribution >= 4 is 52.1 Å². The molecule has 4 N–H and O–H groups in total. The van der Waals surface area contributed by atoms with E-state index in [9.17, 15) is 48.7 Å². The molecule has 0 saturated carbocycles. The normalized spacial score (nSPS) is 20.4. The Morgan fingerprint density at radius 3 is 1.59 bits per heavy atom. The van der Waals surface area contributed by atoms with E-state index in [4.69, 9.17) is 30.2 Å². The molecule has 2 amide bonds. The molecule has 2 aromatic carbocycles. The van der Waals surface area contributed by atoms with E-state index >= 15 is 0 Å². The summed E-state index contributed by atoms with van der Waals surface area (Å²) in [5, 5.41) is 22.8. The van der Waals surface area contributed by atoms with E-state index in [1.165, 1.54) is 41.4 Å². The minimum absolute atomic E-state index is 0.0163. The zero-order valence-electron chi connectivity index (χ0n) is 48.8. The Balaban J connectivity index is 0.000000159. The van der Waals surface area contributed by atoms with Crippen LogP contribution in [0.25, 0.3) is 39.7 Å². The molecule has 464 valence electrons. The summed E-state index contributed by atoms with van der Waals surface area (Å²) >= 11 is 0. The number of nitrogen functional groups attached to an aromatic ring is 2. The van der Waals surface area contributed by atoms with Crippen LogP contribution in [0.1, 0.15) is 113 Å². The highest BCUT2D eigenvalue weighted by Crippen LogP contribution is 2.42. The lowest BCUT2D eigenvalue weighted by Gasteiger charge is -2.35. The predicted molar refractivity (Wildman–Crippen MR) is 300 cm³/mol. The van der Waals surface area contributed by atoms with Crippen molar-refractivity contribution in [1.29, 1.82) is 0 Å². The van der Waals surface area contributed by atoms with Crippen molar-refractivity contribution in [2.75, 3.05) is 11.5 Å². The SMILES string of the molecule is CC(C)(C)OC(=O)N1C2C=C(OS(=O)(=O)C(F)(F)F)CC1CC2.CC(C)(C)OC(=O)N1C2C=C(c3cnc(N)c(-c4nnnn4-c4cccc(F)c4F)c3)CC1CC2.CC1(C)OB(c2cnc(N)c(-c3nnnn3-c3cccc(F)c3F)c2)OC1(C)C. The molecule has 87 heavy (non-hydrogen) atoms. The van der Waals surface area contributed by atoms with Gasteiger partial charge >= 0.3 is 34.9 Å². The first kappa shape index (κ1) is 63.3. The minimum Gasteiger partial charge on any atom is -0.444 e. The molecule has 0 radical (unpaired) electrons.